The van der Waals surface area contributed by atoms with Crippen molar-refractivity contribution in [3.63, 3.8) is 0 Å². The topological polar surface area (TPSA) is 104 Å². The number of hydrogen-bond acceptors (Lipinski definition) is 9. The van der Waals surface area contributed by atoms with Crippen LogP contribution in [0.5, 0.6) is 23.1 Å². The fraction of sp³-hybridized carbons (Fsp3) is 0.125. The maximum absolute atomic E-state index is 13.1. The van der Waals surface area contributed by atoms with E-state index in [4.69, 9.17) is 26.4 Å². The van der Waals surface area contributed by atoms with E-state index in [1.165, 1.54) is 28.8 Å². The van der Waals surface area contributed by atoms with Crippen LogP contribution < -0.4 is 19.1 Å². The van der Waals surface area contributed by atoms with E-state index in [-0.39, 0.29) is 17.5 Å². The van der Waals surface area contributed by atoms with Crippen LogP contribution in [0.25, 0.3) is 6.08 Å². The Morgan fingerprint density at radius 1 is 1.14 bits per heavy atom. The molecule has 0 N–H and O–H groups in total. The van der Waals surface area contributed by atoms with E-state index >= 15 is 0 Å². The molecule has 11 heteroatoms. The van der Waals surface area contributed by atoms with Gasteiger partial charge in [-0.15, -0.1) is 0 Å². The highest BCUT2D eigenvalue weighted by Crippen LogP contribution is 2.38. The van der Waals surface area contributed by atoms with Crippen LogP contribution >= 0.6 is 24.0 Å². The maximum atomic E-state index is 13.1. The number of carbonyl (C=O) groups is 1. The van der Waals surface area contributed by atoms with Crippen molar-refractivity contribution in [3.05, 3.63) is 81.4 Å². The Labute approximate surface area is 210 Å². The number of nitrogens with zero attached hydrogens (tertiary/aromatic N) is 3. The molecule has 4 rings (SSSR count). The van der Waals surface area contributed by atoms with Crippen molar-refractivity contribution in [2.45, 2.75) is 6.92 Å². The second-order valence-electron chi connectivity index (χ2n) is 7.07. The molecule has 0 spiro atoms. The van der Waals surface area contributed by atoms with Gasteiger partial charge in [-0.2, -0.15) is 0 Å². The van der Waals surface area contributed by atoms with Gasteiger partial charge in [-0.05, 0) is 55.0 Å². The molecule has 0 radical (unpaired) electrons. The fourth-order valence-electron chi connectivity index (χ4n) is 3.19. The molecule has 1 saturated heterocycles. The summed E-state index contributed by atoms with van der Waals surface area (Å²) in [6.45, 7) is 2.22. The van der Waals surface area contributed by atoms with E-state index in [1.54, 1.807) is 55.7 Å². The first-order chi connectivity index (χ1) is 16.9. The SMILES string of the molecule is CCOc1cc(/C=C2/SC(=S)N(c3ccc(OC)cc3)C2=O)ccc1Oc1ccc([N+](=O)[O-])cn1. The molecule has 9 nitrogen and oxygen atoms in total. The van der Waals surface area contributed by atoms with Gasteiger partial charge in [0.2, 0.25) is 5.88 Å². The highest BCUT2D eigenvalue weighted by molar-refractivity contribution is 8.27. The second kappa shape index (κ2) is 10.5. The Hall–Kier alpha value is -3.96. The third-order valence-corrected chi connectivity index (χ3v) is 6.14. The zero-order valence-electron chi connectivity index (χ0n) is 18.7. The summed E-state index contributed by atoms with van der Waals surface area (Å²) in [5.41, 5.74) is 1.24. The van der Waals surface area contributed by atoms with E-state index in [2.05, 4.69) is 4.98 Å². The molecule has 0 aliphatic carbocycles. The summed E-state index contributed by atoms with van der Waals surface area (Å²) in [5, 5.41) is 10.8. The fourth-order valence-corrected chi connectivity index (χ4v) is 4.49. The van der Waals surface area contributed by atoms with Gasteiger partial charge in [-0.3, -0.25) is 19.8 Å². The van der Waals surface area contributed by atoms with E-state index in [0.717, 1.165) is 6.20 Å². The summed E-state index contributed by atoms with van der Waals surface area (Å²) in [6, 6.07) is 15.0. The lowest BCUT2D eigenvalue weighted by molar-refractivity contribution is -0.385. The molecule has 0 atom stereocenters. The smallest absolute Gasteiger partial charge is 0.287 e. The van der Waals surface area contributed by atoms with Gasteiger partial charge in [0, 0.05) is 12.1 Å². The molecule has 2 aromatic carbocycles. The van der Waals surface area contributed by atoms with Gasteiger partial charge in [0.25, 0.3) is 11.6 Å². The van der Waals surface area contributed by atoms with Crippen molar-refractivity contribution in [2.24, 2.45) is 0 Å². The Morgan fingerprint density at radius 2 is 1.91 bits per heavy atom. The first-order valence-electron chi connectivity index (χ1n) is 10.4. The minimum absolute atomic E-state index is 0.135. The van der Waals surface area contributed by atoms with Crippen LogP contribution in [-0.2, 0) is 4.79 Å². The molecule has 0 bridgehead atoms. The van der Waals surface area contributed by atoms with Crippen molar-refractivity contribution in [3.8, 4) is 23.1 Å². The van der Waals surface area contributed by atoms with E-state index in [9.17, 15) is 14.9 Å². The molecule has 3 aromatic rings. The molecule has 1 fully saturated rings. The van der Waals surface area contributed by atoms with Crippen LogP contribution in [0.2, 0.25) is 0 Å². The Morgan fingerprint density at radius 3 is 2.54 bits per heavy atom. The largest absolute Gasteiger partial charge is 0.497 e. The van der Waals surface area contributed by atoms with Crippen LogP contribution in [0, 0.1) is 10.1 Å². The number of hydrogen-bond donors (Lipinski definition) is 0. The van der Waals surface area contributed by atoms with Crippen molar-refractivity contribution < 1.29 is 23.9 Å². The van der Waals surface area contributed by atoms with Gasteiger partial charge in [0.15, 0.2) is 15.8 Å². The number of nitro groups is 1. The molecule has 1 aliphatic heterocycles. The minimum Gasteiger partial charge on any atom is -0.497 e. The highest BCUT2D eigenvalue weighted by atomic mass is 32.2. The van der Waals surface area contributed by atoms with Gasteiger partial charge in [0.05, 0.1) is 29.2 Å². The number of thiocarbonyl (C=S) groups is 1. The van der Waals surface area contributed by atoms with Crippen LogP contribution in [0.3, 0.4) is 0 Å². The molecular formula is C24H19N3O6S2. The summed E-state index contributed by atoms with van der Waals surface area (Å²) < 4.78 is 17.1. The summed E-state index contributed by atoms with van der Waals surface area (Å²) in [4.78, 5) is 29.3. The maximum Gasteiger partial charge on any atom is 0.287 e. The average Bonchev–Trinajstić information content (AvgIpc) is 3.13. The highest BCUT2D eigenvalue weighted by Gasteiger charge is 2.33. The molecule has 2 heterocycles. The summed E-state index contributed by atoms with van der Waals surface area (Å²) in [5.74, 6) is 1.47. The first kappa shape index (κ1) is 24.2. The second-order valence-corrected chi connectivity index (χ2v) is 8.74. The molecular weight excluding hydrogens is 490 g/mol. The number of thioether (sulfide) groups is 1. The normalized spacial score (nSPS) is 14.3. The Kier molecular flexibility index (Phi) is 7.28. The van der Waals surface area contributed by atoms with E-state index in [1.807, 2.05) is 6.92 Å². The molecule has 1 aliphatic rings. The van der Waals surface area contributed by atoms with Crippen molar-refractivity contribution in [1.29, 1.82) is 0 Å². The number of ether oxygens (including phenoxy) is 3. The van der Waals surface area contributed by atoms with Gasteiger partial charge < -0.3 is 14.2 Å². The third-order valence-electron chi connectivity index (χ3n) is 4.84. The first-order valence-corrected chi connectivity index (χ1v) is 11.6. The molecule has 1 amide bonds. The summed E-state index contributed by atoms with van der Waals surface area (Å²) >= 11 is 6.65. The predicted octanol–water partition coefficient (Wildman–Crippen LogP) is 5.60. The number of amides is 1. The average molecular weight is 510 g/mol. The standard InChI is InChI=1S/C24H19N3O6S2/c1-3-32-20-12-15(4-10-19(20)33-22-11-7-17(14-25-22)27(29)30)13-21-23(28)26(24(34)35-21)16-5-8-18(31-2)9-6-16/h4-14H,3H2,1-2H3/b21-13+. The quantitative estimate of drug-likeness (QED) is 0.166. The predicted molar refractivity (Wildman–Crippen MR) is 137 cm³/mol. The number of aromatic nitrogens is 1. The van der Waals surface area contributed by atoms with E-state index in [0.29, 0.717) is 44.3 Å². The molecule has 35 heavy (non-hydrogen) atoms. The zero-order valence-corrected chi connectivity index (χ0v) is 20.3. The lowest BCUT2D eigenvalue weighted by Gasteiger charge is -2.14. The Bertz CT molecular complexity index is 1310. The number of pyridine rings is 1. The van der Waals surface area contributed by atoms with Crippen molar-refractivity contribution in [1.82, 2.24) is 4.98 Å². The van der Waals surface area contributed by atoms with Gasteiger partial charge in [0.1, 0.15) is 11.9 Å². The molecule has 0 unspecified atom stereocenters. The number of carbonyl (C=O) groups excluding carboxylic acids is 1. The van der Waals surface area contributed by atoms with Crippen molar-refractivity contribution >= 4 is 51.7 Å². The monoisotopic (exact) mass is 509 g/mol. The van der Waals surface area contributed by atoms with Crippen LogP contribution in [-0.4, -0.2) is 33.9 Å². The number of methoxy groups -OCH3 is 1. The van der Waals surface area contributed by atoms with Crippen molar-refractivity contribution in [2.75, 3.05) is 18.6 Å². The lowest BCUT2D eigenvalue weighted by Crippen LogP contribution is -2.27. The Balaban J connectivity index is 1.57. The number of benzene rings is 2. The van der Waals surface area contributed by atoms with Gasteiger partial charge in [-0.1, -0.05) is 30.0 Å². The molecule has 0 saturated carbocycles. The third kappa shape index (κ3) is 5.42. The van der Waals surface area contributed by atoms with Crippen LogP contribution in [0.4, 0.5) is 11.4 Å². The molecule has 1 aromatic heterocycles. The van der Waals surface area contributed by atoms with Gasteiger partial charge in [-0.25, -0.2) is 4.98 Å². The van der Waals surface area contributed by atoms with Gasteiger partial charge >= 0.3 is 0 Å². The number of rotatable bonds is 8. The van der Waals surface area contributed by atoms with Crippen LogP contribution in [0.1, 0.15) is 12.5 Å². The number of anilines is 1. The summed E-state index contributed by atoms with van der Waals surface area (Å²) in [7, 11) is 1.58. The van der Waals surface area contributed by atoms with E-state index < -0.39 is 4.92 Å². The minimum atomic E-state index is -0.533. The molecule has 178 valence electrons. The zero-order chi connectivity index (χ0) is 24.9. The summed E-state index contributed by atoms with van der Waals surface area (Å²) in [6.07, 6.45) is 2.86. The van der Waals surface area contributed by atoms with Crippen LogP contribution in [0.15, 0.2) is 65.7 Å². The lowest BCUT2D eigenvalue weighted by atomic mass is 10.1.